The first-order valence-electron chi connectivity index (χ1n) is 16.4. The molecular formula is C39H52N6O4. The van der Waals surface area contributed by atoms with Crippen LogP contribution in [0.3, 0.4) is 0 Å². The molecule has 49 heavy (non-hydrogen) atoms. The molecule has 2 aromatic carbocycles. The fourth-order valence-corrected chi connectivity index (χ4v) is 5.79. The van der Waals surface area contributed by atoms with Crippen LogP contribution in [0.5, 0.6) is 0 Å². The van der Waals surface area contributed by atoms with Gasteiger partial charge in [0.15, 0.2) is 0 Å². The Morgan fingerprint density at radius 2 is 1.39 bits per heavy atom. The maximum atomic E-state index is 12.0. The summed E-state index contributed by atoms with van der Waals surface area (Å²) in [6, 6.07) is 16.1. The van der Waals surface area contributed by atoms with Gasteiger partial charge in [-0.15, -0.1) is 0 Å². The predicted octanol–water partition coefficient (Wildman–Crippen LogP) is 6.65. The van der Waals surface area contributed by atoms with E-state index in [1.165, 1.54) is 18.7 Å². The summed E-state index contributed by atoms with van der Waals surface area (Å²) in [5.41, 5.74) is 15.4. The molecule has 0 radical (unpaired) electrons. The van der Waals surface area contributed by atoms with Crippen LogP contribution >= 0.6 is 0 Å². The number of imidazole rings is 1. The molecule has 0 bridgehead atoms. The highest BCUT2D eigenvalue weighted by Crippen LogP contribution is 2.41. The van der Waals surface area contributed by atoms with E-state index in [2.05, 4.69) is 35.0 Å². The van der Waals surface area contributed by atoms with E-state index in [0.29, 0.717) is 18.2 Å². The Morgan fingerprint density at radius 1 is 0.837 bits per heavy atom. The Kier molecular flexibility index (Phi) is 11.9. The van der Waals surface area contributed by atoms with Crippen LogP contribution in [0.4, 0.5) is 11.4 Å². The summed E-state index contributed by atoms with van der Waals surface area (Å²) in [6.45, 7) is 9.24. The van der Waals surface area contributed by atoms with Crippen LogP contribution in [0.25, 0.3) is 33.3 Å². The molecular weight excluding hydrogens is 616 g/mol. The summed E-state index contributed by atoms with van der Waals surface area (Å²) in [4.78, 5) is 28.7. The van der Waals surface area contributed by atoms with E-state index >= 15 is 0 Å². The number of nitrogen functional groups attached to an aromatic ring is 1. The Bertz CT molecular complexity index is 1990. The lowest BCUT2D eigenvalue weighted by atomic mass is 10.0. The zero-order chi connectivity index (χ0) is 34.7. The third-order valence-electron chi connectivity index (χ3n) is 8.99. The smallest absolute Gasteiger partial charge is 0.253 e. The number of hydrogen-bond donors (Lipinski definition) is 2. The zero-order valence-electron chi connectivity index (χ0n) is 29.3. The number of aryl methyl sites for hydroxylation is 4. The number of pyridine rings is 2. The number of benzene rings is 2. The number of methoxy groups -OCH3 is 2. The van der Waals surface area contributed by atoms with Gasteiger partial charge in [-0.1, -0.05) is 19.6 Å². The monoisotopic (exact) mass is 668 g/mol. The van der Waals surface area contributed by atoms with Gasteiger partial charge in [0.1, 0.15) is 5.82 Å². The van der Waals surface area contributed by atoms with Crippen molar-refractivity contribution in [2.24, 2.45) is 14.1 Å². The van der Waals surface area contributed by atoms with E-state index in [0.717, 1.165) is 56.6 Å². The van der Waals surface area contributed by atoms with Crippen molar-refractivity contribution in [1.29, 1.82) is 0 Å². The number of fused-ring (bicyclic) bond motifs is 1. The summed E-state index contributed by atoms with van der Waals surface area (Å²) in [7, 11) is 6.99. The van der Waals surface area contributed by atoms with Gasteiger partial charge in [0.25, 0.3) is 11.1 Å². The van der Waals surface area contributed by atoms with Gasteiger partial charge in [0, 0.05) is 64.3 Å². The van der Waals surface area contributed by atoms with Gasteiger partial charge < -0.3 is 34.2 Å². The molecule has 1 saturated carbocycles. The van der Waals surface area contributed by atoms with Crippen molar-refractivity contribution in [3.05, 3.63) is 98.6 Å². The molecule has 1 aliphatic rings. The van der Waals surface area contributed by atoms with Crippen LogP contribution in [-0.2, 0) is 30.1 Å². The molecule has 3 N–H and O–H groups in total. The van der Waals surface area contributed by atoms with E-state index in [1.54, 1.807) is 37.4 Å². The van der Waals surface area contributed by atoms with Gasteiger partial charge in [-0.3, -0.25) is 9.59 Å². The van der Waals surface area contributed by atoms with Gasteiger partial charge in [-0.25, -0.2) is 4.98 Å². The highest BCUT2D eigenvalue weighted by molar-refractivity contribution is 5.83. The minimum atomic E-state index is 0. The van der Waals surface area contributed by atoms with Gasteiger partial charge in [0.2, 0.25) is 0 Å². The molecule has 0 saturated heterocycles. The lowest BCUT2D eigenvalue weighted by Gasteiger charge is -2.15. The summed E-state index contributed by atoms with van der Waals surface area (Å²) in [5.74, 6) is 1.76. The largest absolute Gasteiger partial charge is 0.397 e. The van der Waals surface area contributed by atoms with Crippen LogP contribution in [0, 0.1) is 13.8 Å². The van der Waals surface area contributed by atoms with Crippen LogP contribution in [0.1, 0.15) is 57.0 Å². The van der Waals surface area contributed by atoms with Gasteiger partial charge in [-0.2, -0.15) is 0 Å². The van der Waals surface area contributed by atoms with E-state index in [1.807, 2.05) is 63.5 Å². The molecule has 10 nitrogen and oxygen atoms in total. The molecule has 3 heterocycles. The Hall–Kier alpha value is -4.67. The number of anilines is 2. The number of aromatic nitrogens is 4. The van der Waals surface area contributed by atoms with Crippen molar-refractivity contribution in [3.8, 4) is 22.3 Å². The van der Waals surface area contributed by atoms with Crippen LogP contribution in [-0.4, -0.2) is 51.7 Å². The number of rotatable bonds is 10. The standard InChI is InChI=1S/C21H25N3O2.C17H23N3O2.CH4/c1-13-9-17(12-23(3)21(13)25)16-7-8-18-19(10-16)24(11-14(2)26-4)20(22-18)15-5-6-15;1-11-7-14(10-20(3)17(11)21)13-5-6-15(18)16(8-13)19-9-12(2)22-4;/h7-10,12,14-15H,5-6,11H2,1-4H3;5-8,10,12,19H,9,18H2,1-4H3;1H4. The average molecular weight is 669 g/mol. The van der Waals surface area contributed by atoms with Gasteiger partial charge in [0.05, 0.1) is 41.2 Å². The average Bonchev–Trinajstić information content (AvgIpc) is 3.86. The molecule has 0 aliphatic heterocycles. The van der Waals surface area contributed by atoms with E-state index in [9.17, 15) is 9.59 Å². The predicted molar refractivity (Wildman–Crippen MR) is 202 cm³/mol. The summed E-state index contributed by atoms with van der Waals surface area (Å²) in [6.07, 6.45) is 6.41. The molecule has 6 rings (SSSR count). The number of hydrogen-bond acceptors (Lipinski definition) is 7. The second kappa shape index (κ2) is 15.7. The second-order valence-electron chi connectivity index (χ2n) is 13.0. The Labute approximate surface area is 289 Å². The van der Waals surface area contributed by atoms with Crippen LogP contribution < -0.4 is 22.2 Å². The molecule has 262 valence electrons. The lowest BCUT2D eigenvalue weighted by molar-refractivity contribution is 0.103. The maximum absolute atomic E-state index is 12.0. The number of nitrogens with one attached hydrogen (secondary N) is 1. The quantitative estimate of drug-likeness (QED) is 0.160. The van der Waals surface area contributed by atoms with E-state index in [-0.39, 0.29) is 30.8 Å². The topological polar surface area (TPSA) is 118 Å². The molecule has 0 amide bonds. The second-order valence-corrected chi connectivity index (χ2v) is 13.0. The SMILES string of the molecule is C.COC(C)CNc1cc(-c2cc(C)c(=O)n(C)c2)ccc1N.COC(C)Cn1c(C2CC2)nc2ccc(-c3cc(C)c(=O)n(C)c3)cc21. The van der Waals surface area contributed by atoms with Crippen molar-refractivity contribution >= 4 is 22.4 Å². The van der Waals surface area contributed by atoms with Crippen LogP contribution in [0.15, 0.2) is 70.5 Å². The third kappa shape index (κ3) is 8.50. The molecule has 2 atom stereocenters. The molecule has 3 aromatic heterocycles. The molecule has 5 aromatic rings. The lowest BCUT2D eigenvalue weighted by Crippen LogP contribution is -2.19. The summed E-state index contributed by atoms with van der Waals surface area (Å²) in [5, 5.41) is 3.30. The highest BCUT2D eigenvalue weighted by Gasteiger charge is 2.30. The van der Waals surface area contributed by atoms with Crippen molar-refractivity contribution in [3.63, 3.8) is 0 Å². The van der Waals surface area contributed by atoms with E-state index < -0.39 is 0 Å². The molecule has 1 aliphatic carbocycles. The van der Waals surface area contributed by atoms with Crippen molar-refractivity contribution in [2.45, 2.75) is 72.6 Å². The molecule has 1 fully saturated rings. The molecule has 2 unspecified atom stereocenters. The van der Waals surface area contributed by atoms with E-state index in [4.69, 9.17) is 20.2 Å². The minimum Gasteiger partial charge on any atom is -0.397 e. The zero-order valence-corrected chi connectivity index (χ0v) is 29.3. The van der Waals surface area contributed by atoms with Crippen molar-refractivity contribution in [1.82, 2.24) is 18.7 Å². The fourth-order valence-electron chi connectivity index (χ4n) is 5.79. The normalized spacial score (nSPS) is 13.7. The van der Waals surface area contributed by atoms with Crippen molar-refractivity contribution < 1.29 is 9.47 Å². The van der Waals surface area contributed by atoms with Gasteiger partial charge in [-0.05, 0) is 99.2 Å². The first-order chi connectivity index (χ1) is 22.9. The highest BCUT2D eigenvalue weighted by atomic mass is 16.5. The number of nitrogens with two attached hydrogens (primary N) is 1. The Balaban J connectivity index is 0.000000220. The fraction of sp³-hybridized carbons (Fsp3) is 0.410. The minimum absolute atomic E-state index is 0. The summed E-state index contributed by atoms with van der Waals surface area (Å²) >= 11 is 0. The number of nitrogens with zero attached hydrogens (tertiary/aromatic N) is 4. The molecule has 10 heteroatoms. The number of ether oxygens (including phenoxy) is 2. The maximum Gasteiger partial charge on any atom is 0.253 e. The third-order valence-corrected chi connectivity index (χ3v) is 8.99. The van der Waals surface area contributed by atoms with Crippen LogP contribution in [0.2, 0.25) is 0 Å². The van der Waals surface area contributed by atoms with Crippen molar-refractivity contribution in [2.75, 3.05) is 31.8 Å². The van der Waals surface area contributed by atoms with Gasteiger partial charge >= 0.3 is 0 Å². The molecule has 0 spiro atoms. The first kappa shape index (κ1) is 37.2. The summed E-state index contributed by atoms with van der Waals surface area (Å²) < 4.78 is 16.3. The first-order valence-corrected chi connectivity index (χ1v) is 16.4. The Morgan fingerprint density at radius 3 is 1.92 bits per heavy atom.